The van der Waals surface area contributed by atoms with Gasteiger partial charge in [-0.25, -0.2) is 9.37 Å². The topological polar surface area (TPSA) is 45.8 Å². The molecule has 128 valence electrons. The highest BCUT2D eigenvalue weighted by atomic mass is 19.1. The van der Waals surface area contributed by atoms with Crippen molar-refractivity contribution in [2.45, 2.75) is 12.8 Å². The van der Waals surface area contributed by atoms with Crippen LogP contribution in [0.25, 0.3) is 11.0 Å². The summed E-state index contributed by atoms with van der Waals surface area (Å²) in [6, 6.07) is 18.0. The summed E-state index contributed by atoms with van der Waals surface area (Å²) in [6.45, 7) is 0. The summed E-state index contributed by atoms with van der Waals surface area (Å²) < 4.78 is 13.2. The van der Waals surface area contributed by atoms with Crippen molar-refractivity contribution < 1.29 is 9.18 Å². The van der Waals surface area contributed by atoms with Crippen molar-refractivity contribution >= 4 is 16.8 Å². The second-order valence-corrected chi connectivity index (χ2v) is 6.26. The highest BCUT2D eigenvalue weighted by molar-refractivity contribution is 6.15. The number of halogens is 1. The number of hydrogen-bond donors (Lipinski definition) is 1. The quantitative estimate of drug-likeness (QED) is 0.533. The predicted molar refractivity (Wildman–Crippen MR) is 99.8 cm³/mol. The molecule has 0 aliphatic heterocycles. The molecule has 0 aliphatic rings. The monoisotopic (exact) mass is 344 g/mol. The molecule has 4 rings (SSSR count). The maximum absolute atomic E-state index is 13.2. The third-order valence-electron chi connectivity index (χ3n) is 4.50. The first-order valence-corrected chi connectivity index (χ1v) is 8.51. The molecule has 2 heterocycles. The zero-order valence-corrected chi connectivity index (χ0v) is 14.1. The zero-order chi connectivity index (χ0) is 17.9. The summed E-state index contributed by atoms with van der Waals surface area (Å²) >= 11 is 0. The summed E-state index contributed by atoms with van der Waals surface area (Å²) in [7, 11) is 0. The van der Waals surface area contributed by atoms with E-state index >= 15 is 0 Å². The number of fused-ring (bicyclic) bond motifs is 1. The Balaban J connectivity index is 1.49. The van der Waals surface area contributed by atoms with Crippen LogP contribution in [-0.4, -0.2) is 15.8 Å². The van der Waals surface area contributed by atoms with Crippen LogP contribution in [0, 0.1) is 5.82 Å². The van der Waals surface area contributed by atoms with Gasteiger partial charge in [-0.05, 0) is 48.2 Å². The van der Waals surface area contributed by atoms with Gasteiger partial charge in [0.2, 0.25) is 0 Å². The van der Waals surface area contributed by atoms with Crippen LogP contribution in [0.3, 0.4) is 0 Å². The first kappa shape index (κ1) is 16.2. The number of aryl methyl sites for hydroxylation is 2. The molecule has 0 bridgehead atoms. The third kappa shape index (κ3) is 3.26. The number of pyridine rings is 1. The lowest BCUT2D eigenvalue weighted by molar-refractivity contribution is 0.104. The normalized spacial score (nSPS) is 11.0. The molecular weight excluding hydrogens is 327 g/mol. The molecule has 0 amide bonds. The van der Waals surface area contributed by atoms with Gasteiger partial charge in [0, 0.05) is 28.9 Å². The van der Waals surface area contributed by atoms with Crippen LogP contribution in [0.5, 0.6) is 0 Å². The summed E-state index contributed by atoms with van der Waals surface area (Å²) in [5, 5.41) is 0.827. The summed E-state index contributed by atoms with van der Waals surface area (Å²) in [5.74, 6) is -0.238. The number of hydrogen-bond acceptors (Lipinski definition) is 2. The van der Waals surface area contributed by atoms with Crippen molar-refractivity contribution in [3.8, 4) is 0 Å². The van der Waals surface area contributed by atoms with Crippen molar-refractivity contribution in [1.29, 1.82) is 0 Å². The molecular formula is C22H17FN2O. The predicted octanol–water partition coefficient (Wildman–Crippen LogP) is 4.72. The van der Waals surface area contributed by atoms with Gasteiger partial charge in [-0.3, -0.25) is 4.79 Å². The molecule has 1 N–H and O–H groups in total. The average molecular weight is 344 g/mol. The Hall–Kier alpha value is -3.27. The molecule has 26 heavy (non-hydrogen) atoms. The lowest BCUT2D eigenvalue weighted by atomic mass is 9.99. The Morgan fingerprint density at radius 3 is 2.58 bits per heavy atom. The fourth-order valence-electron chi connectivity index (χ4n) is 3.10. The number of aromatic amines is 1. The van der Waals surface area contributed by atoms with Crippen LogP contribution in [0.4, 0.5) is 4.39 Å². The van der Waals surface area contributed by atoms with Crippen molar-refractivity contribution in [2.24, 2.45) is 0 Å². The molecule has 0 unspecified atom stereocenters. The Morgan fingerprint density at radius 2 is 1.77 bits per heavy atom. The fraction of sp³-hybridized carbons (Fsp3) is 0.0909. The van der Waals surface area contributed by atoms with Crippen LogP contribution in [0.15, 0.2) is 73.1 Å². The van der Waals surface area contributed by atoms with E-state index in [0.29, 0.717) is 16.8 Å². The van der Waals surface area contributed by atoms with Gasteiger partial charge in [0.15, 0.2) is 5.78 Å². The van der Waals surface area contributed by atoms with E-state index in [9.17, 15) is 9.18 Å². The molecule has 4 aromatic rings. The molecule has 2 aromatic carbocycles. The molecule has 0 spiro atoms. The number of ketones is 1. The number of nitrogens with one attached hydrogen (secondary N) is 1. The van der Waals surface area contributed by atoms with Crippen LogP contribution in [-0.2, 0) is 12.8 Å². The molecule has 0 aliphatic carbocycles. The minimum absolute atomic E-state index is 0.0269. The van der Waals surface area contributed by atoms with Crippen molar-refractivity contribution in [3.05, 3.63) is 101 Å². The molecule has 0 fully saturated rings. The van der Waals surface area contributed by atoms with Gasteiger partial charge >= 0.3 is 0 Å². The average Bonchev–Trinajstić information content (AvgIpc) is 3.10. The van der Waals surface area contributed by atoms with Gasteiger partial charge in [0.1, 0.15) is 11.5 Å². The van der Waals surface area contributed by atoms with E-state index in [-0.39, 0.29) is 11.6 Å². The van der Waals surface area contributed by atoms with E-state index in [2.05, 4.69) is 9.97 Å². The summed E-state index contributed by atoms with van der Waals surface area (Å²) in [4.78, 5) is 20.0. The first-order valence-electron chi connectivity index (χ1n) is 8.51. The molecule has 0 saturated carbocycles. The minimum Gasteiger partial charge on any atom is -0.345 e. The van der Waals surface area contributed by atoms with E-state index in [0.717, 1.165) is 29.4 Å². The molecule has 0 radical (unpaired) electrons. The number of benzene rings is 2. The highest BCUT2D eigenvalue weighted by Crippen LogP contribution is 2.20. The maximum Gasteiger partial charge on any atom is 0.195 e. The Morgan fingerprint density at radius 1 is 0.962 bits per heavy atom. The number of carbonyl (C=O) groups excluding carboxylic acids is 1. The fourth-order valence-corrected chi connectivity index (χ4v) is 3.10. The number of nitrogens with zero attached hydrogens (tertiary/aromatic N) is 1. The van der Waals surface area contributed by atoms with Crippen molar-refractivity contribution in [1.82, 2.24) is 9.97 Å². The number of aromatic nitrogens is 2. The van der Waals surface area contributed by atoms with Crippen LogP contribution >= 0.6 is 0 Å². The Labute approximate surface area is 150 Å². The first-order chi connectivity index (χ1) is 12.7. The minimum atomic E-state index is -0.211. The van der Waals surface area contributed by atoms with Crippen LogP contribution in [0.2, 0.25) is 0 Å². The second-order valence-electron chi connectivity index (χ2n) is 6.26. The molecule has 3 nitrogen and oxygen atoms in total. The third-order valence-corrected chi connectivity index (χ3v) is 4.50. The van der Waals surface area contributed by atoms with Gasteiger partial charge in [0.05, 0.1) is 0 Å². The second kappa shape index (κ2) is 6.92. The number of H-pyrrole nitrogens is 1. The van der Waals surface area contributed by atoms with E-state index in [1.54, 1.807) is 24.5 Å². The lowest BCUT2D eigenvalue weighted by Gasteiger charge is -2.05. The van der Waals surface area contributed by atoms with E-state index in [1.807, 2.05) is 42.5 Å². The maximum atomic E-state index is 13.2. The SMILES string of the molecule is O=C(c1ccc(CCc2cccc(F)c2)cc1)c1c[nH]c2ncccc12. The Kier molecular flexibility index (Phi) is 4.32. The van der Waals surface area contributed by atoms with Gasteiger partial charge in [-0.1, -0.05) is 36.4 Å². The van der Waals surface area contributed by atoms with Gasteiger partial charge in [-0.15, -0.1) is 0 Å². The summed E-state index contributed by atoms with van der Waals surface area (Å²) in [6.07, 6.45) is 4.96. The van der Waals surface area contributed by atoms with Crippen LogP contribution in [0.1, 0.15) is 27.0 Å². The molecule has 0 atom stereocenters. The molecule has 2 aromatic heterocycles. The summed E-state index contributed by atoms with van der Waals surface area (Å²) in [5.41, 5.74) is 4.07. The van der Waals surface area contributed by atoms with Crippen molar-refractivity contribution in [2.75, 3.05) is 0 Å². The smallest absolute Gasteiger partial charge is 0.195 e. The van der Waals surface area contributed by atoms with Gasteiger partial charge < -0.3 is 4.98 Å². The Bertz CT molecular complexity index is 1070. The molecule has 0 saturated heterocycles. The number of rotatable bonds is 5. The highest BCUT2D eigenvalue weighted by Gasteiger charge is 2.14. The lowest BCUT2D eigenvalue weighted by Crippen LogP contribution is -2.01. The van der Waals surface area contributed by atoms with E-state index in [4.69, 9.17) is 0 Å². The van der Waals surface area contributed by atoms with Gasteiger partial charge in [-0.2, -0.15) is 0 Å². The number of carbonyl (C=O) groups is 1. The van der Waals surface area contributed by atoms with E-state index in [1.165, 1.54) is 6.07 Å². The van der Waals surface area contributed by atoms with Crippen molar-refractivity contribution in [3.63, 3.8) is 0 Å². The van der Waals surface area contributed by atoms with Crippen LogP contribution < -0.4 is 0 Å². The van der Waals surface area contributed by atoms with E-state index < -0.39 is 0 Å². The zero-order valence-electron chi connectivity index (χ0n) is 14.1. The van der Waals surface area contributed by atoms with Gasteiger partial charge in [0.25, 0.3) is 0 Å². The molecule has 4 heteroatoms. The standard InChI is InChI=1S/C22H17FN2O/c23-18-4-1-3-16(13-18)7-6-15-8-10-17(11-9-15)21(26)20-14-25-22-19(20)5-2-12-24-22/h1-5,8-14H,6-7H2,(H,24,25). The largest absolute Gasteiger partial charge is 0.345 e.